The second-order valence-corrected chi connectivity index (χ2v) is 6.21. The average molecular weight is 250 g/mol. The molecule has 0 saturated heterocycles. The Balaban J connectivity index is 1.58. The van der Waals surface area contributed by atoms with Gasteiger partial charge in [0.2, 0.25) is 0 Å². The van der Waals surface area contributed by atoms with Gasteiger partial charge in [-0.25, -0.2) is 0 Å². The van der Waals surface area contributed by atoms with Crippen LogP contribution in [0.3, 0.4) is 0 Å². The Morgan fingerprint density at radius 3 is 2.11 bits per heavy atom. The Morgan fingerprint density at radius 1 is 1.00 bits per heavy atom. The maximum absolute atomic E-state index is 5.94. The van der Waals surface area contributed by atoms with E-state index in [9.17, 15) is 0 Å². The van der Waals surface area contributed by atoms with Gasteiger partial charge >= 0.3 is 0 Å². The third-order valence-corrected chi connectivity index (χ3v) is 4.55. The standard InChI is InChI=1S/C15H27BO2/c1-11(18-12(2)16)10-17-15-8-6-14(7-9-15)13-4-3-5-13/h11-15H,3-10H2,1-2H3. The van der Waals surface area contributed by atoms with E-state index in [1.807, 2.05) is 13.8 Å². The zero-order chi connectivity index (χ0) is 13.0. The van der Waals surface area contributed by atoms with E-state index in [1.165, 1.54) is 44.9 Å². The molecule has 2 atom stereocenters. The summed E-state index contributed by atoms with van der Waals surface area (Å²) in [6, 6.07) is -0.196. The lowest BCUT2D eigenvalue weighted by Gasteiger charge is -2.38. The van der Waals surface area contributed by atoms with Crippen LogP contribution in [0.15, 0.2) is 0 Å². The Kier molecular flexibility index (Phi) is 5.56. The Morgan fingerprint density at radius 2 is 1.61 bits per heavy atom. The molecule has 102 valence electrons. The molecule has 2 radical (unpaired) electrons. The molecule has 0 aromatic heterocycles. The quantitative estimate of drug-likeness (QED) is 0.673. The van der Waals surface area contributed by atoms with Crippen molar-refractivity contribution in [3.63, 3.8) is 0 Å². The fourth-order valence-electron chi connectivity index (χ4n) is 3.32. The summed E-state index contributed by atoms with van der Waals surface area (Å²) >= 11 is 0. The molecule has 2 aliphatic rings. The fourth-order valence-corrected chi connectivity index (χ4v) is 3.32. The molecule has 0 amide bonds. The summed E-state index contributed by atoms with van der Waals surface area (Å²) < 4.78 is 11.4. The van der Waals surface area contributed by atoms with E-state index in [0.717, 1.165) is 11.8 Å². The van der Waals surface area contributed by atoms with Crippen LogP contribution in [0, 0.1) is 11.8 Å². The number of ether oxygens (including phenoxy) is 2. The molecule has 0 spiro atoms. The van der Waals surface area contributed by atoms with Gasteiger partial charge in [-0.05, 0) is 51.4 Å². The van der Waals surface area contributed by atoms with E-state index < -0.39 is 0 Å². The molecule has 0 bridgehead atoms. The molecule has 2 saturated carbocycles. The van der Waals surface area contributed by atoms with Crippen molar-refractivity contribution < 1.29 is 9.47 Å². The summed E-state index contributed by atoms with van der Waals surface area (Å²) in [5.74, 6) is 2.04. The van der Waals surface area contributed by atoms with Crippen LogP contribution in [0.4, 0.5) is 0 Å². The van der Waals surface area contributed by atoms with E-state index in [-0.39, 0.29) is 12.1 Å². The molecule has 0 N–H and O–H groups in total. The molecule has 0 aliphatic heterocycles. The number of hydrogen-bond donors (Lipinski definition) is 0. The zero-order valence-electron chi connectivity index (χ0n) is 11.9. The van der Waals surface area contributed by atoms with Crippen molar-refractivity contribution in [3.05, 3.63) is 0 Å². The molecule has 2 fully saturated rings. The van der Waals surface area contributed by atoms with Gasteiger partial charge in [0.25, 0.3) is 0 Å². The van der Waals surface area contributed by atoms with Gasteiger partial charge in [0.1, 0.15) is 7.85 Å². The summed E-state index contributed by atoms with van der Waals surface area (Å²) in [6.45, 7) is 4.57. The first kappa shape index (κ1) is 14.4. The first-order valence-corrected chi connectivity index (χ1v) is 7.67. The highest BCUT2D eigenvalue weighted by molar-refractivity contribution is 6.10. The first-order valence-electron chi connectivity index (χ1n) is 7.67. The molecule has 0 heterocycles. The van der Waals surface area contributed by atoms with Gasteiger partial charge in [0.15, 0.2) is 0 Å². The van der Waals surface area contributed by atoms with Crippen molar-refractivity contribution in [2.24, 2.45) is 11.8 Å². The van der Waals surface area contributed by atoms with Gasteiger partial charge in [0.05, 0.1) is 18.8 Å². The molecule has 0 aromatic carbocycles. The highest BCUT2D eigenvalue weighted by Gasteiger charge is 2.31. The molecular weight excluding hydrogens is 223 g/mol. The van der Waals surface area contributed by atoms with Crippen LogP contribution in [0.2, 0.25) is 0 Å². The lowest BCUT2D eigenvalue weighted by molar-refractivity contribution is -0.0591. The Bertz CT molecular complexity index is 233. The predicted molar refractivity (Wildman–Crippen MR) is 74.8 cm³/mol. The minimum Gasteiger partial charge on any atom is -0.383 e. The summed E-state index contributed by atoms with van der Waals surface area (Å²) in [7, 11) is 5.60. The SMILES string of the molecule is [B]C(C)OC(C)COC1CCC(C2CCC2)CC1. The van der Waals surface area contributed by atoms with Crippen molar-refractivity contribution in [1.29, 1.82) is 0 Å². The van der Waals surface area contributed by atoms with Crippen molar-refractivity contribution in [2.45, 2.75) is 77.0 Å². The summed E-state index contributed by atoms with van der Waals surface area (Å²) in [6.07, 6.45) is 10.2. The molecule has 2 rings (SSSR count). The molecule has 2 unspecified atom stereocenters. The minimum absolute atomic E-state index is 0.106. The van der Waals surface area contributed by atoms with E-state index in [0.29, 0.717) is 12.7 Å². The van der Waals surface area contributed by atoms with Crippen LogP contribution in [0.1, 0.15) is 58.8 Å². The van der Waals surface area contributed by atoms with Gasteiger partial charge in [-0.1, -0.05) is 19.3 Å². The van der Waals surface area contributed by atoms with Crippen LogP contribution in [-0.4, -0.2) is 32.7 Å². The third-order valence-electron chi connectivity index (χ3n) is 4.55. The van der Waals surface area contributed by atoms with Gasteiger partial charge in [-0.15, -0.1) is 0 Å². The average Bonchev–Trinajstić information content (AvgIpc) is 2.25. The maximum Gasteiger partial charge on any atom is 0.108 e. The molecule has 3 heteroatoms. The fraction of sp³-hybridized carbons (Fsp3) is 1.00. The second kappa shape index (κ2) is 6.95. The third kappa shape index (κ3) is 4.27. The molecule has 2 aliphatic carbocycles. The largest absolute Gasteiger partial charge is 0.383 e. The predicted octanol–water partition coefficient (Wildman–Crippen LogP) is 3.28. The van der Waals surface area contributed by atoms with Crippen LogP contribution < -0.4 is 0 Å². The smallest absolute Gasteiger partial charge is 0.108 e. The van der Waals surface area contributed by atoms with E-state index in [4.69, 9.17) is 17.3 Å². The van der Waals surface area contributed by atoms with Gasteiger partial charge < -0.3 is 9.47 Å². The second-order valence-electron chi connectivity index (χ2n) is 6.21. The highest BCUT2D eigenvalue weighted by atomic mass is 16.5. The summed E-state index contributed by atoms with van der Waals surface area (Å²) in [5, 5.41) is 0. The summed E-state index contributed by atoms with van der Waals surface area (Å²) in [5.41, 5.74) is 0. The van der Waals surface area contributed by atoms with Gasteiger partial charge in [-0.3, -0.25) is 0 Å². The zero-order valence-corrected chi connectivity index (χ0v) is 11.9. The van der Waals surface area contributed by atoms with Crippen LogP contribution in [0.5, 0.6) is 0 Å². The number of rotatable bonds is 6. The molecule has 0 aromatic rings. The number of hydrogen-bond acceptors (Lipinski definition) is 2. The van der Waals surface area contributed by atoms with Crippen LogP contribution >= 0.6 is 0 Å². The lowest BCUT2D eigenvalue weighted by atomic mass is 9.70. The topological polar surface area (TPSA) is 18.5 Å². The monoisotopic (exact) mass is 250 g/mol. The maximum atomic E-state index is 5.94. The normalized spacial score (nSPS) is 32.8. The molecular formula is C15H27BO2. The first-order chi connectivity index (χ1) is 8.65. The van der Waals surface area contributed by atoms with E-state index in [2.05, 4.69) is 0 Å². The molecule has 2 nitrogen and oxygen atoms in total. The van der Waals surface area contributed by atoms with E-state index >= 15 is 0 Å². The van der Waals surface area contributed by atoms with Gasteiger partial charge in [-0.2, -0.15) is 0 Å². The van der Waals surface area contributed by atoms with Crippen molar-refractivity contribution >= 4 is 7.85 Å². The van der Waals surface area contributed by atoms with Crippen LogP contribution in [-0.2, 0) is 9.47 Å². The molecule has 18 heavy (non-hydrogen) atoms. The Hall–Kier alpha value is -0.0151. The van der Waals surface area contributed by atoms with Crippen molar-refractivity contribution in [3.8, 4) is 0 Å². The minimum atomic E-state index is -0.196. The van der Waals surface area contributed by atoms with Gasteiger partial charge in [0, 0.05) is 6.00 Å². The van der Waals surface area contributed by atoms with Crippen molar-refractivity contribution in [2.75, 3.05) is 6.61 Å². The van der Waals surface area contributed by atoms with E-state index in [1.54, 1.807) is 0 Å². The highest BCUT2D eigenvalue weighted by Crippen LogP contribution is 2.41. The van der Waals surface area contributed by atoms with Crippen molar-refractivity contribution in [1.82, 2.24) is 0 Å². The van der Waals surface area contributed by atoms with Crippen LogP contribution in [0.25, 0.3) is 0 Å². The Labute approximate surface area is 113 Å². The summed E-state index contributed by atoms with van der Waals surface area (Å²) in [4.78, 5) is 0. The lowest BCUT2D eigenvalue weighted by Crippen LogP contribution is -2.31.